The summed E-state index contributed by atoms with van der Waals surface area (Å²) in [5.74, 6) is 0.784. The van der Waals surface area contributed by atoms with Crippen molar-refractivity contribution >= 4 is 5.97 Å². The van der Waals surface area contributed by atoms with Crippen molar-refractivity contribution in [3.05, 3.63) is 11.4 Å². The predicted octanol–water partition coefficient (Wildman–Crippen LogP) is 1.41. The van der Waals surface area contributed by atoms with Crippen molar-refractivity contribution in [3.8, 4) is 0 Å². The summed E-state index contributed by atoms with van der Waals surface area (Å²) >= 11 is 0. The Morgan fingerprint density at radius 3 is 2.80 bits per heavy atom. The van der Waals surface area contributed by atoms with Crippen molar-refractivity contribution < 1.29 is 9.90 Å². The van der Waals surface area contributed by atoms with Gasteiger partial charge in [-0.1, -0.05) is 6.42 Å². The lowest BCUT2D eigenvalue weighted by atomic mass is 9.85. The van der Waals surface area contributed by atoms with E-state index in [9.17, 15) is 4.79 Å². The first-order chi connectivity index (χ1) is 7.25. The van der Waals surface area contributed by atoms with Gasteiger partial charge in [0.05, 0.1) is 0 Å². The summed E-state index contributed by atoms with van der Waals surface area (Å²) in [6, 6.07) is 0. The van der Waals surface area contributed by atoms with Crippen LogP contribution >= 0.6 is 0 Å². The van der Waals surface area contributed by atoms with E-state index in [0.29, 0.717) is 17.5 Å². The summed E-state index contributed by atoms with van der Waals surface area (Å²) in [7, 11) is 0. The molecule has 3 unspecified atom stereocenters. The minimum absolute atomic E-state index is 0.118. The van der Waals surface area contributed by atoms with Gasteiger partial charge in [0, 0.05) is 5.92 Å². The lowest BCUT2D eigenvalue weighted by molar-refractivity contribution is 0.0688. The number of carboxylic acid groups (broad SMARTS) is 1. The number of nitrogens with one attached hydrogen (secondary N) is 1. The minimum Gasteiger partial charge on any atom is -0.476 e. The van der Waals surface area contributed by atoms with Gasteiger partial charge in [-0.3, -0.25) is 0 Å². The molecule has 0 spiro atoms. The summed E-state index contributed by atoms with van der Waals surface area (Å²) in [4.78, 5) is 10.9. The zero-order chi connectivity index (χ0) is 10.4. The molecule has 3 atom stereocenters. The molecule has 15 heavy (non-hydrogen) atoms. The number of carboxylic acids is 1. The van der Waals surface area contributed by atoms with Crippen molar-refractivity contribution in [2.24, 2.45) is 11.8 Å². The number of hydrogen-bond donors (Lipinski definition) is 2. The number of rotatable bonds is 2. The van der Waals surface area contributed by atoms with E-state index in [4.69, 9.17) is 5.11 Å². The maximum atomic E-state index is 10.9. The Hall–Kier alpha value is -1.39. The maximum Gasteiger partial charge on any atom is 0.358 e. The fourth-order valence-corrected chi connectivity index (χ4v) is 3.23. The van der Waals surface area contributed by atoms with Gasteiger partial charge in [0.1, 0.15) is 5.69 Å². The quantitative estimate of drug-likeness (QED) is 0.768. The molecule has 0 saturated heterocycles. The van der Waals surface area contributed by atoms with Crippen LogP contribution in [0.25, 0.3) is 0 Å². The highest BCUT2D eigenvalue weighted by molar-refractivity contribution is 5.86. The molecule has 1 aromatic heterocycles. The molecule has 0 radical (unpaired) electrons. The van der Waals surface area contributed by atoms with Gasteiger partial charge in [-0.25, -0.2) is 4.79 Å². The molecule has 5 nitrogen and oxygen atoms in total. The zero-order valence-corrected chi connectivity index (χ0v) is 8.31. The molecule has 2 N–H and O–H groups in total. The second-order valence-electron chi connectivity index (χ2n) is 4.64. The molecule has 2 fully saturated rings. The second-order valence-corrected chi connectivity index (χ2v) is 4.64. The Morgan fingerprint density at radius 2 is 2.20 bits per heavy atom. The number of nitrogens with zero attached hydrogens (tertiary/aromatic N) is 2. The van der Waals surface area contributed by atoms with Gasteiger partial charge in [0.15, 0.2) is 5.69 Å². The van der Waals surface area contributed by atoms with E-state index in [1.807, 2.05) is 0 Å². The lowest BCUT2D eigenvalue weighted by Gasteiger charge is -2.19. The Bertz CT molecular complexity index is 401. The SMILES string of the molecule is O=C(O)c1n[nH]nc1C1CC2CCC1C2. The predicted molar refractivity (Wildman–Crippen MR) is 51.5 cm³/mol. The third kappa shape index (κ3) is 1.26. The van der Waals surface area contributed by atoms with Crippen molar-refractivity contribution in [2.45, 2.75) is 31.6 Å². The van der Waals surface area contributed by atoms with Crippen molar-refractivity contribution in [2.75, 3.05) is 0 Å². The van der Waals surface area contributed by atoms with Crippen molar-refractivity contribution in [3.63, 3.8) is 0 Å². The molecule has 1 aromatic rings. The topological polar surface area (TPSA) is 78.9 Å². The minimum atomic E-state index is -0.971. The number of fused-ring (bicyclic) bond motifs is 2. The number of H-pyrrole nitrogens is 1. The molecule has 5 heteroatoms. The number of carbonyl (C=O) groups is 1. The molecule has 80 valence electrons. The average Bonchev–Trinajstić information content (AvgIpc) is 2.92. The molecule has 0 aromatic carbocycles. The molecule has 2 saturated carbocycles. The maximum absolute atomic E-state index is 10.9. The van der Waals surface area contributed by atoms with E-state index in [0.717, 1.165) is 12.3 Å². The highest BCUT2D eigenvalue weighted by Gasteiger charge is 2.43. The Morgan fingerprint density at radius 1 is 1.33 bits per heavy atom. The van der Waals surface area contributed by atoms with Crippen LogP contribution in [0.15, 0.2) is 0 Å². The number of aromatic amines is 1. The first-order valence-corrected chi connectivity index (χ1v) is 5.39. The first-order valence-electron chi connectivity index (χ1n) is 5.39. The summed E-state index contributed by atoms with van der Waals surface area (Å²) in [5.41, 5.74) is 0.794. The molecule has 2 aliphatic carbocycles. The Balaban J connectivity index is 1.93. The van der Waals surface area contributed by atoms with Crippen LogP contribution < -0.4 is 0 Å². The summed E-state index contributed by atoms with van der Waals surface area (Å²) < 4.78 is 0. The summed E-state index contributed by atoms with van der Waals surface area (Å²) in [6.45, 7) is 0. The monoisotopic (exact) mass is 207 g/mol. The summed E-state index contributed by atoms with van der Waals surface area (Å²) in [6.07, 6.45) is 4.87. The third-order valence-electron chi connectivity index (χ3n) is 3.87. The lowest BCUT2D eigenvalue weighted by Crippen LogP contribution is -2.13. The van der Waals surface area contributed by atoms with Crippen LogP contribution in [-0.2, 0) is 0 Å². The van der Waals surface area contributed by atoms with E-state index >= 15 is 0 Å². The summed E-state index contributed by atoms with van der Waals surface area (Å²) in [5, 5.41) is 19.1. The van der Waals surface area contributed by atoms with Gasteiger partial charge in [0.2, 0.25) is 0 Å². The smallest absolute Gasteiger partial charge is 0.358 e. The number of aromatic nitrogens is 3. The van der Waals surface area contributed by atoms with Crippen molar-refractivity contribution in [1.82, 2.24) is 15.4 Å². The Labute approximate surface area is 86.9 Å². The molecule has 2 aliphatic rings. The molecule has 0 amide bonds. The van der Waals surface area contributed by atoms with Gasteiger partial charge >= 0.3 is 5.97 Å². The average molecular weight is 207 g/mol. The fourth-order valence-electron chi connectivity index (χ4n) is 3.23. The second kappa shape index (κ2) is 3.05. The number of aromatic carboxylic acids is 1. The normalized spacial score (nSPS) is 33.5. The zero-order valence-electron chi connectivity index (χ0n) is 8.31. The van der Waals surface area contributed by atoms with Crippen LogP contribution in [-0.4, -0.2) is 26.5 Å². The van der Waals surface area contributed by atoms with E-state index in [-0.39, 0.29) is 5.69 Å². The fraction of sp³-hybridized carbons (Fsp3) is 0.700. The largest absolute Gasteiger partial charge is 0.476 e. The highest BCUT2D eigenvalue weighted by Crippen LogP contribution is 2.52. The first kappa shape index (κ1) is 8.88. The molecule has 3 rings (SSSR count). The molecule has 0 aliphatic heterocycles. The number of hydrogen-bond acceptors (Lipinski definition) is 3. The van der Waals surface area contributed by atoms with Crippen LogP contribution in [0.2, 0.25) is 0 Å². The van der Waals surface area contributed by atoms with Crippen molar-refractivity contribution in [1.29, 1.82) is 0 Å². The van der Waals surface area contributed by atoms with Gasteiger partial charge in [-0.15, -0.1) is 5.10 Å². The molecular formula is C10H13N3O2. The molecular weight excluding hydrogens is 194 g/mol. The van der Waals surface area contributed by atoms with E-state index in [1.54, 1.807) is 0 Å². The van der Waals surface area contributed by atoms with Gasteiger partial charge in [-0.2, -0.15) is 10.3 Å². The van der Waals surface area contributed by atoms with E-state index in [1.165, 1.54) is 19.3 Å². The van der Waals surface area contributed by atoms with Crippen LogP contribution in [0.1, 0.15) is 47.8 Å². The molecule has 2 bridgehead atoms. The van der Waals surface area contributed by atoms with Gasteiger partial charge in [0.25, 0.3) is 0 Å². The van der Waals surface area contributed by atoms with Crippen LogP contribution in [0, 0.1) is 11.8 Å². The molecule has 1 heterocycles. The highest BCUT2D eigenvalue weighted by atomic mass is 16.4. The van der Waals surface area contributed by atoms with E-state index in [2.05, 4.69) is 15.4 Å². The van der Waals surface area contributed by atoms with Crippen LogP contribution in [0.5, 0.6) is 0 Å². The van der Waals surface area contributed by atoms with E-state index < -0.39 is 5.97 Å². The Kier molecular flexibility index (Phi) is 1.81. The third-order valence-corrected chi connectivity index (χ3v) is 3.87. The van der Waals surface area contributed by atoms with Gasteiger partial charge in [-0.05, 0) is 31.1 Å². The van der Waals surface area contributed by atoms with Crippen LogP contribution in [0.4, 0.5) is 0 Å². The van der Waals surface area contributed by atoms with Gasteiger partial charge < -0.3 is 5.11 Å². The standard InChI is InChI=1S/C10H13N3O2/c14-10(15)9-8(11-13-12-9)7-4-5-1-2-6(7)3-5/h5-7H,1-4H2,(H,14,15)(H,11,12,13). The van der Waals surface area contributed by atoms with Crippen LogP contribution in [0.3, 0.4) is 0 Å².